The normalized spacial score (nSPS) is 17.8. The van der Waals surface area contributed by atoms with Crippen LogP contribution in [0.3, 0.4) is 0 Å². The van der Waals surface area contributed by atoms with Gasteiger partial charge in [-0.1, -0.05) is 18.2 Å². The first-order chi connectivity index (χ1) is 14.6. The Morgan fingerprint density at radius 2 is 1.33 bits per heavy atom. The van der Waals surface area contributed by atoms with Crippen molar-refractivity contribution in [3.8, 4) is 0 Å². The fraction of sp³-hybridized carbons (Fsp3) is 0.417. The van der Waals surface area contributed by atoms with Crippen LogP contribution in [-0.2, 0) is 4.79 Å². The SMILES string of the molecule is CC(=O)c1ccc(N2CC[NH+](CC(=O)N3CCN(c4ccccc4)CC3)CC2)cc1. The molecule has 0 unspecified atom stereocenters. The third kappa shape index (κ3) is 4.82. The van der Waals surface area contributed by atoms with Crippen LogP contribution in [0, 0.1) is 0 Å². The molecule has 2 fully saturated rings. The average molecular weight is 408 g/mol. The molecule has 0 bridgehead atoms. The van der Waals surface area contributed by atoms with Gasteiger partial charge in [0.25, 0.3) is 5.91 Å². The number of hydrogen-bond donors (Lipinski definition) is 1. The summed E-state index contributed by atoms with van der Waals surface area (Å²) in [5.41, 5.74) is 3.14. The Kier molecular flexibility index (Phi) is 6.33. The lowest BCUT2D eigenvalue weighted by Crippen LogP contribution is -3.16. The Balaban J connectivity index is 1.22. The van der Waals surface area contributed by atoms with Crippen LogP contribution in [0.15, 0.2) is 54.6 Å². The molecular formula is C24H31N4O2+. The van der Waals surface area contributed by atoms with E-state index in [0.29, 0.717) is 6.54 Å². The van der Waals surface area contributed by atoms with Crippen LogP contribution < -0.4 is 14.7 Å². The van der Waals surface area contributed by atoms with Crippen molar-refractivity contribution in [1.82, 2.24) is 4.90 Å². The Bertz CT molecular complexity index is 853. The standard InChI is InChI=1S/C24H30N4O2/c1-20(29)21-7-9-23(10-8-21)26-13-11-25(12-14-26)19-24(30)28-17-15-27(16-18-28)22-5-3-2-4-6-22/h2-10H,11-19H2,1H3/p+1. The zero-order valence-corrected chi connectivity index (χ0v) is 17.7. The first-order valence-corrected chi connectivity index (χ1v) is 10.9. The van der Waals surface area contributed by atoms with E-state index >= 15 is 0 Å². The van der Waals surface area contributed by atoms with Gasteiger partial charge in [0.05, 0.1) is 26.2 Å². The van der Waals surface area contributed by atoms with E-state index in [9.17, 15) is 9.59 Å². The highest BCUT2D eigenvalue weighted by Crippen LogP contribution is 2.16. The minimum atomic E-state index is 0.0962. The van der Waals surface area contributed by atoms with E-state index in [1.807, 2.05) is 35.2 Å². The maximum atomic E-state index is 12.8. The molecule has 2 aliphatic heterocycles. The summed E-state index contributed by atoms with van der Waals surface area (Å²) in [4.78, 5) is 32.3. The van der Waals surface area contributed by atoms with Crippen molar-refractivity contribution in [2.45, 2.75) is 6.92 Å². The van der Waals surface area contributed by atoms with E-state index in [0.717, 1.165) is 63.6 Å². The predicted molar refractivity (Wildman–Crippen MR) is 119 cm³/mol. The van der Waals surface area contributed by atoms with Crippen molar-refractivity contribution < 1.29 is 14.5 Å². The molecule has 0 spiro atoms. The van der Waals surface area contributed by atoms with Crippen molar-refractivity contribution in [1.29, 1.82) is 0 Å². The summed E-state index contributed by atoms with van der Waals surface area (Å²) in [7, 11) is 0. The van der Waals surface area contributed by atoms with E-state index < -0.39 is 0 Å². The summed E-state index contributed by atoms with van der Waals surface area (Å²) >= 11 is 0. The van der Waals surface area contributed by atoms with E-state index in [-0.39, 0.29) is 11.7 Å². The lowest BCUT2D eigenvalue weighted by atomic mass is 10.1. The number of nitrogens with zero attached hydrogens (tertiary/aromatic N) is 3. The number of amides is 1. The van der Waals surface area contributed by atoms with Gasteiger partial charge in [0.2, 0.25) is 0 Å². The third-order valence-corrected chi connectivity index (χ3v) is 6.26. The van der Waals surface area contributed by atoms with Crippen LogP contribution in [0.25, 0.3) is 0 Å². The molecule has 2 aromatic rings. The number of carbonyl (C=O) groups is 2. The summed E-state index contributed by atoms with van der Waals surface area (Å²) in [5, 5.41) is 0. The second-order valence-corrected chi connectivity index (χ2v) is 8.22. The molecule has 30 heavy (non-hydrogen) atoms. The third-order valence-electron chi connectivity index (χ3n) is 6.26. The second-order valence-electron chi connectivity index (χ2n) is 8.22. The molecule has 1 amide bonds. The summed E-state index contributed by atoms with van der Waals surface area (Å²) in [6, 6.07) is 18.3. The Labute approximate surface area is 178 Å². The van der Waals surface area contributed by atoms with Gasteiger partial charge in [-0.05, 0) is 43.3 Å². The minimum Gasteiger partial charge on any atom is -0.368 e. The van der Waals surface area contributed by atoms with Gasteiger partial charge in [-0.3, -0.25) is 9.59 Å². The first-order valence-electron chi connectivity index (χ1n) is 10.9. The van der Waals surface area contributed by atoms with Gasteiger partial charge in [-0.25, -0.2) is 0 Å². The fourth-order valence-corrected chi connectivity index (χ4v) is 4.34. The molecule has 2 saturated heterocycles. The van der Waals surface area contributed by atoms with Crippen LogP contribution in [0.4, 0.5) is 11.4 Å². The highest BCUT2D eigenvalue weighted by atomic mass is 16.2. The molecule has 6 nitrogen and oxygen atoms in total. The lowest BCUT2D eigenvalue weighted by Gasteiger charge is -2.37. The predicted octanol–water partition coefficient (Wildman–Crippen LogP) is 0.943. The number of hydrogen-bond acceptors (Lipinski definition) is 4. The number of anilines is 2. The zero-order chi connectivity index (χ0) is 20.9. The number of quaternary nitrogens is 1. The molecule has 0 saturated carbocycles. The van der Waals surface area contributed by atoms with Crippen molar-refractivity contribution in [3.05, 3.63) is 60.2 Å². The average Bonchev–Trinajstić information content (AvgIpc) is 2.80. The Hall–Kier alpha value is -2.86. The van der Waals surface area contributed by atoms with Crippen molar-refractivity contribution in [3.63, 3.8) is 0 Å². The number of rotatable bonds is 5. The number of ketones is 1. The van der Waals surface area contributed by atoms with E-state index in [1.165, 1.54) is 10.6 Å². The highest BCUT2D eigenvalue weighted by Gasteiger charge is 2.27. The zero-order valence-electron chi connectivity index (χ0n) is 17.7. The van der Waals surface area contributed by atoms with Gasteiger partial charge in [0.15, 0.2) is 12.3 Å². The molecule has 2 aromatic carbocycles. The number of piperazine rings is 2. The molecular weight excluding hydrogens is 376 g/mol. The van der Waals surface area contributed by atoms with E-state index in [1.54, 1.807) is 6.92 Å². The molecule has 0 aromatic heterocycles. The molecule has 4 rings (SSSR count). The molecule has 0 aliphatic carbocycles. The fourth-order valence-electron chi connectivity index (χ4n) is 4.34. The Morgan fingerprint density at radius 1 is 0.767 bits per heavy atom. The maximum Gasteiger partial charge on any atom is 0.277 e. The van der Waals surface area contributed by atoms with E-state index in [4.69, 9.17) is 0 Å². The van der Waals surface area contributed by atoms with E-state index in [2.05, 4.69) is 34.1 Å². The summed E-state index contributed by atoms with van der Waals surface area (Å²) in [6.07, 6.45) is 0. The maximum absolute atomic E-state index is 12.8. The van der Waals surface area contributed by atoms with Gasteiger partial charge in [0, 0.05) is 43.1 Å². The van der Waals surface area contributed by atoms with Gasteiger partial charge >= 0.3 is 0 Å². The Morgan fingerprint density at radius 3 is 1.93 bits per heavy atom. The summed E-state index contributed by atoms with van der Waals surface area (Å²) < 4.78 is 0. The van der Waals surface area contributed by atoms with Crippen LogP contribution in [0.5, 0.6) is 0 Å². The van der Waals surface area contributed by atoms with Crippen LogP contribution in [0.1, 0.15) is 17.3 Å². The topological polar surface area (TPSA) is 48.3 Å². The number of benzene rings is 2. The molecule has 0 radical (unpaired) electrons. The van der Waals surface area contributed by atoms with Crippen LogP contribution >= 0.6 is 0 Å². The second kappa shape index (κ2) is 9.30. The number of nitrogens with one attached hydrogen (secondary N) is 1. The molecule has 2 heterocycles. The molecule has 2 aliphatic rings. The van der Waals surface area contributed by atoms with Gasteiger partial charge in [0.1, 0.15) is 0 Å². The molecule has 158 valence electrons. The smallest absolute Gasteiger partial charge is 0.277 e. The highest BCUT2D eigenvalue weighted by molar-refractivity contribution is 5.94. The van der Waals surface area contributed by atoms with Crippen molar-refractivity contribution >= 4 is 23.1 Å². The van der Waals surface area contributed by atoms with Crippen LogP contribution in [-0.4, -0.2) is 75.5 Å². The number of para-hydroxylation sites is 1. The van der Waals surface area contributed by atoms with Crippen molar-refractivity contribution in [2.24, 2.45) is 0 Å². The number of Topliss-reactive ketones (excluding diaryl/α,β-unsaturated/α-hetero) is 1. The first kappa shape index (κ1) is 20.4. The molecule has 1 N–H and O–H groups in total. The lowest BCUT2D eigenvalue weighted by molar-refractivity contribution is -0.892. The number of carbonyl (C=O) groups excluding carboxylic acids is 2. The van der Waals surface area contributed by atoms with Crippen molar-refractivity contribution in [2.75, 3.05) is 68.7 Å². The minimum absolute atomic E-state index is 0.0962. The van der Waals surface area contributed by atoms with Gasteiger partial charge in [-0.2, -0.15) is 0 Å². The monoisotopic (exact) mass is 407 g/mol. The quantitative estimate of drug-likeness (QED) is 0.750. The summed E-state index contributed by atoms with van der Waals surface area (Å²) in [5.74, 6) is 0.371. The largest absolute Gasteiger partial charge is 0.368 e. The van der Waals surface area contributed by atoms with Gasteiger partial charge < -0.3 is 19.6 Å². The molecule has 6 heteroatoms. The summed E-state index contributed by atoms with van der Waals surface area (Å²) in [6.45, 7) is 9.37. The molecule has 0 atom stereocenters. The van der Waals surface area contributed by atoms with Gasteiger partial charge in [-0.15, -0.1) is 0 Å². The van der Waals surface area contributed by atoms with Crippen LogP contribution in [0.2, 0.25) is 0 Å².